The minimum absolute atomic E-state index is 0.0309. The Labute approximate surface area is 140 Å². The lowest BCUT2D eigenvalue weighted by Crippen LogP contribution is -2.52. The van der Waals surface area contributed by atoms with E-state index in [2.05, 4.69) is 30.5 Å². The van der Waals surface area contributed by atoms with Crippen LogP contribution in [-0.4, -0.2) is 65.2 Å². The predicted molar refractivity (Wildman–Crippen MR) is 91.9 cm³/mol. The van der Waals surface area contributed by atoms with Crippen LogP contribution in [0.2, 0.25) is 0 Å². The van der Waals surface area contributed by atoms with E-state index >= 15 is 0 Å². The van der Waals surface area contributed by atoms with Crippen LogP contribution in [0.25, 0.3) is 0 Å². The molecule has 3 heterocycles. The first-order valence-corrected chi connectivity index (χ1v) is 8.01. The molecule has 0 aromatic carbocycles. The van der Waals surface area contributed by atoms with Crippen LogP contribution in [0, 0.1) is 0 Å². The van der Waals surface area contributed by atoms with Crippen molar-refractivity contribution in [2.24, 2.45) is 0 Å². The van der Waals surface area contributed by atoms with E-state index in [0.717, 1.165) is 24.7 Å². The molecule has 1 aliphatic rings. The zero-order valence-corrected chi connectivity index (χ0v) is 13.4. The molecule has 3 rings (SSSR count). The Morgan fingerprint density at radius 3 is 2.62 bits per heavy atom. The van der Waals surface area contributed by atoms with Crippen molar-refractivity contribution in [1.82, 2.24) is 25.2 Å². The fourth-order valence-corrected chi connectivity index (χ4v) is 2.53. The maximum absolute atomic E-state index is 12.2. The highest BCUT2D eigenvalue weighted by Gasteiger charge is 2.21. The second-order valence-corrected chi connectivity index (χ2v) is 5.41. The monoisotopic (exact) mass is 327 g/mol. The summed E-state index contributed by atoms with van der Waals surface area (Å²) in [6.45, 7) is 4.07. The molecule has 0 radical (unpaired) electrons. The first-order valence-electron chi connectivity index (χ1n) is 8.01. The molecule has 0 unspecified atom stereocenters. The van der Waals surface area contributed by atoms with Crippen molar-refractivity contribution < 1.29 is 4.79 Å². The van der Waals surface area contributed by atoms with Crippen LogP contribution in [0.15, 0.2) is 43.0 Å². The van der Waals surface area contributed by atoms with Gasteiger partial charge in [-0.25, -0.2) is 14.8 Å². The normalized spacial score (nSPS) is 14.3. The quantitative estimate of drug-likeness (QED) is 0.791. The molecule has 2 N–H and O–H groups in total. The number of rotatable bonds is 5. The molecule has 2 aromatic rings. The number of carbonyl (C=O) groups excluding carboxylic acids is 1. The molecule has 24 heavy (non-hydrogen) atoms. The van der Waals surface area contributed by atoms with E-state index in [9.17, 15) is 4.79 Å². The standard InChI is InChI=1S/C16H21N7O/c24-16(21-8-7-19-14-3-1-2-4-18-14)23-11-9-22(10-12-23)15-13-17-5-6-20-15/h1-6,13H,7-12H2,(H,18,19)(H,21,24). The van der Waals surface area contributed by atoms with Crippen LogP contribution in [0.5, 0.6) is 0 Å². The van der Waals surface area contributed by atoms with E-state index in [1.807, 2.05) is 23.1 Å². The number of pyridine rings is 1. The lowest BCUT2D eigenvalue weighted by Gasteiger charge is -2.35. The molecule has 0 bridgehead atoms. The molecule has 0 spiro atoms. The fraction of sp³-hybridized carbons (Fsp3) is 0.375. The molecule has 0 aliphatic carbocycles. The van der Waals surface area contributed by atoms with Crippen LogP contribution in [0.3, 0.4) is 0 Å². The average Bonchev–Trinajstić information content (AvgIpc) is 2.67. The number of nitrogens with zero attached hydrogens (tertiary/aromatic N) is 5. The second-order valence-electron chi connectivity index (χ2n) is 5.41. The topological polar surface area (TPSA) is 86.3 Å². The van der Waals surface area contributed by atoms with Gasteiger partial charge in [-0.3, -0.25) is 4.98 Å². The zero-order valence-electron chi connectivity index (χ0n) is 13.4. The van der Waals surface area contributed by atoms with Crippen molar-refractivity contribution >= 4 is 17.7 Å². The largest absolute Gasteiger partial charge is 0.368 e. The summed E-state index contributed by atoms with van der Waals surface area (Å²) in [5, 5.41) is 6.09. The van der Waals surface area contributed by atoms with E-state index in [4.69, 9.17) is 0 Å². The van der Waals surface area contributed by atoms with Gasteiger partial charge in [-0.2, -0.15) is 0 Å². The summed E-state index contributed by atoms with van der Waals surface area (Å²) in [4.78, 5) is 28.7. The molecule has 0 atom stereocenters. The molecule has 1 fully saturated rings. The van der Waals surface area contributed by atoms with Crippen LogP contribution in [-0.2, 0) is 0 Å². The van der Waals surface area contributed by atoms with Crippen molar-refractivity contribution in [1.29, 1.82) is 0 Å². The lowest BCUT2D eigenvalue weighted by molar-refractivity contribution is 0.194. The van der Waals surface area contributed by atoms with E-state index < -0.39 is 0 Å². The maximum Gasteiger partial charge on any atom is 0.317 e. The Morgan fingerprint density at radius 1 is 1.04 bits per heavy atom. The van der Waals surface area contributed by atoms with Crippen LogP contribution < -0.4 is 15.5 Å². The number of hydrogen-bond acceptors (Lipinski definition) is 6. The molecule has 126 valence electrons. The van der Waals surface area contributed by atoms with Crippen LogP contribution >= 0.6 is 0 Å². The van der Waals surface area contributed by atoms with E-state index in [0.29, 0.717) is 26.2 Å². The zero-order chi connectivity index (χ0) is 16.6. The van der Waals surface area contributed by atoms with Gasteiger partial charge < -0.3 is 20.4 Å². The summed E-state index contributed by atoms with van der Waals surface area (Å²) in [5.74, 6) is 1.67. The number of anilines is 2. The molecular formula is C16H21N7O. The summed E-state index contributed by atoms with van der Waals surface area (Å²) >= 11 is 0. The SMILES string of the molecule is O=C(NCCNc1ccccn1)N1CCN(c2cnccn2)CC1. The third-order valence-electron chi connectivity index (χ3n) is 3.81. The summed E-state index contributed by atoms with van der Waals surface area (Å²) in [6, 6.07) is 5.66. The second kappa shape index (κ2) is 8.09. The highest BCUT2D eigenvalue weighted by molar-refractivity contribution is 5.74. The Balaban J connectivity index is 1.36. The summed E-state index contributed by atoms with van der Waals surface area (Å²) in [7, 11) is 0. The van der Waals surface area contributed by atoms with Crippen molar-refractivity contribution in [2.75, 3.05) is 49.5 Å². The van der Waals surface area contributed by atoms with Crippen molar-refractivity contribution in [3.63, 3.8) is 0 Å². The Kier molecular flexibility index (Phi) is 5.39. The highest BCUT2D eigenvalue weighted by atomic mass is 16.2. The third-order valence-corrected chi connectivity index (χ3v) is 3.81. The molecule has 8 nitrogen and oxygen atoms in total. The van der Waals surface area contributed by atoms with E-state index in [1.165, 1.54) is 0 Å². The smallest absolute Gasteiger partial charge is 0.317 e. The fourth-order valence-electron chi connectivity index (χ4n) is 2.53. The molecule has 0 saturated carbocycles. The van der Waals surface area contributed by atoms with Gasteiger partial charge in [-0.05, 0) is 12.1 Å². The first kappa shape index (κ1) is 16.0. The number of amides is 2. The van der Waals surface area contributed by atoms with Gasteiger partial charge in [0.15, 0.2) is 0 Å². The number of piperazine rings is 1. The molecule has 2 amide bonds. The van der Waals surface area contributed by atoms with Gasteiger partial charge in [0.2, 0.25) is 0 Å². The third kappa shape index (κ3) is 4.31. The number of urea groups is 1. The Hall–Kier alpha value is -2.90. The molecule has 2 aromatic heterocycles. The highest BCUT2D eigenvalue weighted by Crippen LogP contribution is 2.11. The molecular weight excluding hydrogens is 306 g/mol. The lowest BCUT2D eigenvalue weighted by atomic mass is 10.3. The van der Waals surface area contributed by atoms with Crippen molar-refractivity contribution in [3.05, 3.63) is 43.0 Å². The first-order chi connectivity index (χ1) is 11.8. The van der Waals surface area contributed by atoms with Gasteiger partial charge in [0.25, 0.3) is 0 Å². The van der Waals surface area contributed by atoms with E-state index in [1.54, 1.807) is 24.8 Å². The van der Waals surface area contributed by atoms with Crippen LogP contribution in [0.1, 0.15) is 0 Å². The van der Waals surface area contributed by atoms with Gasteiger partial charge in [-0.15, -0.1) is 0 Å². The van der Waals surface area contributed by atoms with Crippen molar-refractivity contribution in [2.45, 2.75) is 0 Å². The van der Waals surface area contributed by atoms with Crippen molar-refractivity contribution in [3.8, 4) is 0 Å². The minimum atomic E-state index is -0.0309. The number of aromatic nitrogens is 3. The van der Waals surface area contributed by atoms with Gasteiger partial charge >= 0.3 is 6.03 Å². The van der Waals surface area contributed by atoms with Gasteiger partial charge in [-0.1, -0.05) is 6.07 Å². The number of carbonyl (C=O) groups is 1. The predicted octanol–water partition coefficient (Wildman–Crippen LogP) is 0.815. The number of nitrogens with one attached hydrogen (secondary N) is 2. The average molecular weight is 327 g/mol. The minimum Gasteiger partial charge on any atom is -0.368 e. The Bertz CT molecular complexity index is 629. The summed E-state index contributed by atoms with van der Waals surface area (Å²) in [6.07, 6.45) is 6.83. The van der Waals surface area contributed by atoms with E-state index in [-0.39, 0.29) is 6.03 Å². The van der Waals surface area contributed by atoms with Gasteiger partial charge in [0.1, 0.15) is 11.6 Å². The molecule has 8 heteroatoms. The molecule has 1 saturated heterocycles. The molecule has 1 aliphatic heterocycles. The number of hydrogen-bond donors (Lipinski definition) is 2. The maximum atomic E-state index is 12.2. The van der Waals surface area contributed by atoms with Gasteiger partial charge in [0.05, 0.1) is 6.20 Å². The van der Waals surface area contributed by atoms with Gasteiger partial charge in [0, 0.05) is 57.9 Å². The van der Waals surface area contributed by atoms with Crippen LogP contribution in [0.4, 0.5) is 16.4 Å². The summed E-state index contributed by atoms with van der Waals surface area (Å²) in [5.41, 5.74) is 0. The Morgan fingerprint density at radius 2 is 1.92 bits per heavy atom. The summed E-state index contributed by atoms with van der Waals surface area (Å²) < 4.78 is 0.